The number of rotatable bonds is 4. The average Bonchev–Trinajstić information content (AvgIpc) is 1.98. The number of ether oxygens (including phenoxy) is 1. The number of esters is 1. The van der Waals surface area contributed by atoms with Crippen molar-refractivity contribution in [2.24, 2.45) is 5.92 Å². The summed E-state index contributed by atoms with van der Waals surface area (Å²) in [6.07, 6.45) is 0. The van der Waals surface area contributed by atoms with Gasteiger partial charge in [-0.3, -0.25) is 9.36 Å². The number of hydrogen-bond donors (Lipinski definition) is 0. The van der Waals surface area contributed by atoms with Crippen molar-refractivity contribution in [3.63, 3.8) is 0 Å². The Kier molecular flexibility index (Phi) is 5.16. The highest BCUT2D eigenvalue weighted by Gasteiger charge is 2.13. The summed E-state index contributed by atoms with van der Waals surface area (Å²) in [5.74, 6) is -0.679. The van der Waals surface area contributed by atoms with Gasteiger partial charge in [-0.15, -0.1) is 0 Å². The Bertz CT molecular complexity index is 157. The molecule has 0 saturated carbocycles. The van der Waals surface area contributed by atoms with Crippen molar-refractivity contribution in [1.82, 2.24) is 0 Å². The molecule has 2 atom stereocenters. The minimum Gasteiger partial charge on any atom is -0.469 e. The van der Waals surface area contributed by atoms with E-state index in [1.165, 1.54) is 13.8 Å². The van der Waals surface area contributed by atoms with E-state index in [0.29, 0.717) is 0 Å². The van der Waals surface area contributed by atoms with Crippen LogP contribution < -0.4 is 0 Å². The maximum atomic E-state index is 10.7. The second-order valence-electron chi connectivity index (χ2n) is 2.23. The van der Waals surface area contributed by atoms with Gasteiger partial charge in [0.2, 0.25) is 0 Å². The van der Waals surface area contributed by atoms with Crippen LogP contribution >= 0.6 is 8.03 Å². The van der Waals surface area contributed by atoms with E-state index in [4.69, 9.17) is 4.52 Å². The van der Waals surface area contributed by atoms with Gasteiger partial charge in [-0.2, -0.15) is 0 Å². The molecule has 0 radical (unpaired) electrons. The number of methoxy groups -OCH3 is 1. The fraction of sp³-hybridized carbons (Fsp3) is 0.833. The first-order chi connectivity index (χ1) is 5.07. The highest BCUT2D eigenvalue weighted by molar-refractivity contribution is 7.38. The Morgan fingerprint density at radius 1 is 1.64 bits per heavy atom. The third-order valence-electron chi connectivity index (χ3n) is 1.14. The van der Waals surface area contributed by atoms with E-state index in [1.807, 2.05) is 0 Å². The van der Waals surface area contributed by atoms with Crippen LogP contribution in [-0.2, 0) is 18.6 Å². The topological polar surface area (TPSA) is 52.6 Å². The van der Waals surface area contributed by atoms with Crippen LogP contribution in [0.5, 0.6) is 0 Å². The van der Waals surface area contributed by atoms with Gasteiger partial charge in [0, 0.05) is 6.66 Å². The SMILES string of the molecule is COC(=O)C(C)CO[PH](C)=O. The van der Waals surface area contributed by atoms with Gasteiger partial charge in [0.1, 0.15) is 0 Å². The molecule has 0 saturated heterocycles. The summed E-state index contributed by atoms with van der Waals surface area (Å²) in [6, 6.07) is 0. The van der Waals surface area contributed by atoms with E-state index < -0.39 is 8.03 Å². The Morgan fingerprint density at radius 3 is 2.55 bits per heavy atom. The Labute approximate surface area is 66.7 Å². The molecule has 0 aliphatic carbocycles. The Balaban J connectivity index is 3.60. The van der Waals surface area contributed by atoms with Gasteiger partial charge in [0.25, 0.3) is 0 Å². The standard InChI is InChI=1S/C6H13O4P/c1-5(6(7)9-2)4-10-11(3)8/h5,11H,4H2,1-3H3. The second-order valence-corrected chi connectivity index (χ2v) is 3.50. The van der Waals surface area contributed by atoms with Crippen LogP contribution in [0.25, 0.3) is 0 Å². The van der Waals surface area contributed by atoms with Gasteiger partial charge < -0.3 is 9.26 Å². The zero-order valence-electron chi connectivity index (χ0n) is 6.92. The van der Waals surface area contributed by atoms with Gasteiger partial charge in [-0.25, -0.2) is 0 Å². The molecule has 11 heavy (non-hydrogen) atoms. The minimum atomic E-state index is -1.93. The van der Waals surface area contributed by atoms with E-state index >= 15 is 0 Å². The molecular formula is C6H13O4P. The summed E-state index contributed by atoms with van der Waals surface area (Å²) < 4.78 is 19.7. The molecule has 0 N–H and O–H groups in total. The average molecular weight is 180 g/mol. The second kappa shape index (κ2) is 5.33. The lowest BCUT2D eigenvalue weighted by Crippen LogP contribution is -2.16. The van der Waals surface area contributed by atoms with Crippen molar-refractivity contribution in [3.8, 4) is 0 Å². The molecule has 0 bridgehead atoms. The van der Waals surface area contributed by atoms with Crippen molar-refractivity contribution in [3.05, 3.63) is 0 Å². The lowest BCUT2D eigenvalue weighted by molar-refractivity contribution is -0.145. The maximum Gasteiger partial charge on any atom is 0.310 e. The summed E-state index contributed by atoms with van der Waals surface area (Å²) in [5.41, 5.74) is 0. The van der Waals surface area contributed by atoms with Crippen LogP contribution in [0.2, 0.25) is 0 Å². The minimum absolute atomic E-state index is 0.168. The molecule has 0 heterocycles. The summed E-state index contributed by atoms with van der Waals surface area (Å²) in [6.45, 7) is 3.31. The number of carbonyl (C=O) groups is 1. The van der Waals surface area contributed by atoms with Crippen LogP contribution in [0, 0.1) is 5.92 Å². The summed E-state index contributed by atoms with van der Waals surface area (Å²) in [4.78, 5) is 10.7. The van der Waals surface area contributed by atoms with Crippen molar-refractivity contribution >= 4 is 14.0 Å². The Morgan fingerprint density at radius 2 is 2.18 bits per heavy atom. The van der Waals surface area contributed by atoms with Crippen molar-refractivity contribution in [2.45, 2.75) is 6.92 Å². The number of hydrogen-bond acceptors (Lipinski definition) is 4. The lowest BCUT2D eigenvalue weighted by atomic mass is 10.2. The van der Waals surface area contributed by atoms with E-state index in [9.17, 15) is 9.36 Å². The zero-order chi connectivity index (χ0) is 8.85. The fourth-order valence-corrected chi connectivity index (χ4v) is 0.996. The highest BCUT2D eigenvalue weighted by Crippen LogP contribution is 2.16. The molecule has 2 unspecified atom stereocenters. The molecule has 4 nitrogen and oxygen atoms in total. The predicted octanol–water partition coefficient (Wildman–Crippen LogP) is 0.917. The molecule has 0 aliphatic rings. The lowest BCUT2D eigenvalue weighted by Gasteiger charge is -2.07. The van der Waals surface area contributed by atoms with Crippen LogP contribution in [-0.4, -0.2) is 26.4 Å². The van der Waals surface area contributed by atoms with Crippen molar-refractivity contribution in [1.29, 1.82) is 0 Å². The van der Waals surface area contributed by atoms with Crippen molar-refractivity contribution in [2.75, 3.05) is 20.4 Å². The smallest absolute Gasteiger partial charge is 0.310 e. The quantitative estimate of drug-likeness (QED) is 0.476. The summed E-state index contributed by atoms with van der Waals surface area (Å²) in [5, 5.41) is 0. The molecule has 0 amide bonds. The van der Waals surface area contributed by atoms with Gasteiger partial charge >= 0.3 is 5.97 Å². The van der Waals surface area contributed by atoms with E-state index in [1.54, 1.807) is 6.92 Å². The first-order valence-corrected chi connectivity index (χ1v) is 5.10. The van der Waals surface area contributed by atoms with Gasteiger partial charge in [-0.05, 0) is 6.92 Å². The molecule has 0 aromatic heterocycles. The third-order valence-corrected chi connectivity index (χ3v) is 1.71. The zero-order valence-corrected chi connectivity index (χ0v) is 7.92. The van der Waals surface area contributed by atoms with Crippen molar-refractivity contribution < 1.29 is 18.6 Å². The number of carbonyl (C=O) groups excluding carboxylic acids is 1. The molecule has 0 spiro atoms. The highest BCUT2D eigenvalue weighted by atomic mass is 31.1. The normalized spacial score (nSPS) is 15.5. The monoisotopic (exact) mass is 180 g/mol. The molecule has 0 fully saturated rings. The van der Waals surface area contributed by atoms with Gasteiger partial charge in [-0.1, -0.05) is 0 Å². The third kappa shape index (κ3) is 4.99. The van der Waals surface area contributed by atoms with Crippen LogP contribution in [0.1, 0.15) is 6.92 Å². The largest absolute Gasteiger partial charge is 0.469 e. The van der Waals surface area contributed by atoms with E-state index in [2.05, 4.69) is 4.74 Å². The molecule has 0 rings (SSSR count). The van der Waals surface area contributed by atoms with E-state index in [0.717, 1.165) is 0 Å². The maximum absolute atomic E-state index is 10.7. The Hall–Kier alpha value is -0.340. The molecular weight excluding hydrogens is 167 g/mol. The van der Waals surface area contributed by atoms with Crippen LogP contribution in [0.15, 0.2) is 0 Å². The van der Waals surface area contributed by atoms with Gasteiger partial charge in [0.15, 0.2) is 8.03 Å². The summed E-state index contributed by atoms with van der Waals surface area (Å²) in [7, 11) is -0.615. The van der Waals surface area contributed by atoms with Crippen LogP contribution in [0.3, 0.4) is 0 Å². The molecule has 5 heteroatoms. The molecule has 0 aromatic rings. The van der Waals surface area contributed by atoms with Crippen LogP contribution in [0.4, 0.5) is 0 Å². The molecule has 0 aliphatic heterocycles. The first kappa shape index (κ1) is 10.7. The fourth-order valence-electron chi connectivity index (χ4n) is 0.512. The molecule has 66 valence electrons. The molecule has 0 aromatic carbocycles. The summed E-state index contributed by atoms with van der Waals surface area (Å²) >= 11 is 0. The van der Waals surface area contributed by atoms with E-state index in [-0.39, 0.29) is 18.5 Å². The van der Waals surface area contributed by atoms with Gasteiger partial charge in [0.05, 0.1) is 19.6 Å². The first-order valence-electron chi connectivity index (χ1n) is 3.29. The predicted molar refractivity (Wildman–Crippen MR) is 42.1 cm³/mol.